The van der Waals surface area contributed by atoms with E-state index in [0.717, 1.165) is 52.4 Å². The van der Waals surface area contributed by atoms with Gasteiger partial charge in [0.05, 0.1) is 33.1 Å². The third-order valence-electron chi connectivity index (χ3n) is 26.1. The van der Waals surface area contributed by atoms with Gasteiger partial charge in [0, 0.05) is 112 Å². The second-order valence-corrected chi connectivity index (χ2v) is 29.6. The SMILES string of the molecule is Cc1c(C)c(C)c2c(c1C)-c1c3c(c(C)c(C)c1C2C)CNC3.Cc1c(C)c(C)c2c(c1C)c1c(C)c(C)c3c(c1n2C)CNC3.Cc1c(C)c(C)c2c(c1C)c1c(C)c3c(c(C)c1n2C)CNC3.Cc1c(C)c(C)c2c(c1C)c1c3c(c(C)c(C)c1n2C)CNC3. The van der Waals surface area contributed by atoms with Gasteiger partial charge >= 0.3 is 0 Å². The Bertz CT molecular complexity index is 5130. The maximum Gasteiger partial charge on any atom is 0.0540 e. The summed E-state index contributed by atoms with van der Waals surface area (Å²) in [7, 11) is 6.74. The first kappa shape index (κ1) is 63.7. The average molecular weight is 1220 g/mol. The Morgan fingerprint density at radius 1 is 0.207 bits per heavy atom. The van der Waals surface area contributed by atoms with Gasteiger partial charge in [-0.05, 0) is 366 Å². The number of aryl methyl sites for hydroxylation is 13. The van der Waals surface area contributed by atoms with E-state index >= 15 is 0 Å². The van der Waals surface area contributed by atoms with E-state index in [-0.39, 0.29) is 0 Å². The Balaban J connectivity index is 0.000000112. The van der Waals surface area contributed by atoms with Crippen LogP contribution in [0.4, 0.5) is 0 Å². The Hall–Kier alpha value is -7.00. The molecule has 4 aliphatic heterocycles. The zero-order valence-corrected chi connectivity index (χ0v) is 61.6. The van der Waals surface area contributed by atoms with Gasteiger partial charge in [0.1, 0.15) is 0 Å². The first-order chi connectivity index (χ1) is 43.4. The number of nitrogens with one attached hydrogen (secondary N) is 4. The van der Waals surface area contributed by atoms with Gasteiger partial charge in [-0.2, -0.15) is 0 Å². The van der Waals surface area contributed by atoms with Crippen LogP contribution in [0.1, 0.15) is 202 Å². The minimum Gasteiger partial charge on any atom is -0.343 e. The van der Waals surface area contributed by atoms with Crippen molar-refractivity contribution in [2.75, 3.05) is 0 Å². The lowest BCUT2D eigenvalue weighted by Gasteiger charge is -2.18. The summed E-state index contributed by atoms with van der Waals surface area (Å²) in [6, 6.07) is 0. The molecule has 0 bridgehead atoms. The second kappa shape index (κ2) is 22.3. The fraction of sp³-hybridized carbons (Fsp3) is 0.435. The molecule has 1 atom stereocenters. The molecule has 0 saturated carbocycles. The normalized spacial score (nSPS) is 15.2. The van der Waals surface area contributed by atoms with Gasteiger partial charge in [-0.25, -0.2) is 0 Å². The topological polar surface area (TPSA) is 62.9 Å². The molecule has 7 heteroatoms. The van der Waals surface area contributed by atoms with E-state index in [2.05, 4.69) is 229 Å². The molecule has 3 aromatic heterocycles. The van der Waals surface area contributed by atoms with Crippen LogP contribution in [0.3, 0.4) is 0 Å². The number of nitrogens with zero attached hydrogens (tertiary/aromatic N) is 3. The lowest BCUT2D eigenvalue weighted by molar-refractivity contribution is 0.762. The third kappa shape index (κ3) is 8.45. The number of hydrogen-bond donors (Lipinski definition) is 4. The minimum absolute atomic E-state index is 0.516. The van der Waals surface area contributed by atoms with E-state index in [1.807, 2.05) is 0 Å². The van der Waals surface area contributed by atoms with Crippen molar-refractivity contribution in [1.29, 1.82) is 0 Å². The third-order valence-corrected chi connectivity index (χ3v) is 26.1. The van der Waals surface area contributed by atoms with Gasteiger partial charge in [0.2, 0.25) is 0 Å². The van der Waals surface area contributed by atoms with Crippen LogP contribution in [0.2, 0.25) is 0 Å². The predicted octanol–water partition coefficient (Wildman–Crippen LogP) is 19.6. The van der Waals surface area contributed by atoms with Crippen LogP contribution in [0, 0.1) is 166 Å². The number of rotatable bonds is 0. The van der Waals surface area contributed by atoms with Crippen molar-refractivity contribution in [3.05, 3.63) is 189 Å². The van der Waals surface area contributed by atoms with Gasteiger partial charge in [-0.3, -0.25) is 0 Å². The summed E-state index contributed by atoms with van der Waals surface area (Å²) in [5.74, 6) is 0.516. The molecule has 7 heterocycles. The quantitative estimate of drug-likeness (QED) is 0.122. The summed E-state index contributed by atoms with van der Waals surface area (Å²) in [5.41, 5.74) is 62.1. The molecule has 1 aliphatic carbocycles. The molecule has 7 nitrogen and oxygen atoms in total. The van der Waals surface area contributed by atoms with E-state index < -0.39 is 0 Å². The number of fused-ring (bicyclic) bond motifs is 19. The highest BCUT2D eigenvalue weighted by atomic mass is 15.0. The second-order valence-electron chi connectivity index (χ2n) is 29.6. The van der Waals surface area contributed by atoms with E-state index in [1.165, 1.54) is 232 Å². The highest BCUT2D eigenvalue weighted by molar-refractivity contribution is 6.17. The highest BCUT2D eigenvalue weighted by Crippen LogP contribution is 2.54. The van der Waals surface area contributed by atoms with E-state index in [4.69, 9.17) is 0 Å². The minimum atomic E-state index is 0.516. The van der Waals surface area contributed by atoms with Crippen molar-refractivity contribution in [1.82, 2.24) is 35.0 Å². The van der Waals surface area contributed by atoms with E-state index in [0.29, 0.717) is 5.92 Å². The van der Waals surface area contributed by atoms with Crippen LogP contribution in [0.15, 0.2) is 0 Å². The van der Waals surface area contributed by atoms with E-state index in [1.54, 1.807) is 33.4 Å². The van der Waals surface area contributed by atoms with Gasteiger partial charge < -0.3 is 35.0 Å². The van der Waals surface area contributed by atoms with Gasteiger partial charge in [-0.1, -0.05) is 6.92 Å². The lowest BCUT2D eigenvalue weighted by atomic mass is 9.86. The first-order valence-corrected chi connectivity index (χ1v) is 34.5. The Labute approximate surface area is 550 Å². The maximum absolute atomic E-state index is 3.59. The summed E-state index contributed by atoms with van der Waals surface area (Å²) in [4.78, 5) is 0. The molecule has 0 amide bonds. The zero-order valence-electron chi connectivity index (χ0n) is 61.6. The van der Waals surface area contributed by atoms with Crippen molar-refractivity contribution in [2.45, 2.75) is 231 Å². The van der Waals surface area contributed by atoms with Crippen LogP contribution in [0.25, 0.3) is 76.5 Å². The van der Waals surface area contributed by atoms with Gasteiger partial charge in [-0.15, -0.1) is 0 Å². The number of hydrogen-bond acceptors (Lipinski definition) is 4. The van der Waals surface area contributed by atoms with Crippen molar-refractivity contribution in [3.63, 3.8) is 0 Å². The molecule has 92 heavy (non-hydrogen) atoms. The fourth-order valence-electron chi connectivity index (χ4n) is 19.2. The summed E-state index contributed by atoms with van der Waals surface area (Å²) in [6.07, 6.45) is 0. The lowest BCUT2D eigenvalue weighted by Crippen LogP contribution is -2.02. The molecule has 11 aromatic rings. The van der Waals surface area contributed by atoms with Crippen LogP contribution in [0.5, 0.6) is 0 Å². The largest absolute Gasteiger partial charge is 0.343 e. The highest BCUT2D eigenvalue weighted by Gasteiger charge is 2.37. The van der Waals surface area contributed by atoms with Crippen molar-refractivity contribution < 1.29 is 0 Å². The Morgan fingerprint density at radius 2 is 0.457 bits per heavy atom. The molecule has 5 aliphatic rings. The molecule has 1 unspecified atom stereocenters. The van der Waals surface area contributed by atoms with Gasteiger partial charge in [0.25, 0.3) is 0 Å². The van der Waals surface area contributed by atoms with Crippen LogP contribution in [-0.2, 0) is 73.5 Å². The smallest absolute Gasteiger partial charge is 0.0540 e. The average Bonchev–Trinajstić information content (AvgIpc) is 1.58. The molecule has 0 spiro atoms. The molecular formula is C85H105N7. The Morgan fingerprint density at radius 3 is 0.946 bits per heavy atom. The monoisotopic (exact) mass is 1220 g/mol. The van der Waals surface area contributed by atoms with Crippen LogP contribution >= 0.6 is 0 Å². The molecule has 4 N–H and O–H groups in total. The van der Waals surface area contributed by atoms with Crippen molar-refractivity contribution in [2.24, 2.45) is 21.1 Å². The summed E-state index contributed by atoms with van der Waals surface area (Å²) in [5, 5.41) is 23.1. The molecule has 0 fully saturated rings. The zero-order chi connectivity index (χ0) is 66.5. The van der Waals surface area contributed by atoms with Crippen molar-refractivity contribution >= 4 is 65.4 Å². The predicted molar refractivity (Wildman–Crippen MR) is 397 cm³/mol. The summed E-state index contributed by atoms with van der Waals surface area (Å²) in [6.45, 7) is 65.5. The number of benzene rings is 8. The van der Waals surface area contributed by atoms with Crippen molar-refractivity contribution in [3.8, 4) is 11.1 Å². The van der Waals surface area contributed by atoms with Gasteiger partial charge in [0.15, 0.2) is 0 Å². The molecular weight excluding hydrogens is 1120 g/mol. The molecule has 8 aromatic carbocycles. The maximum atomic E-state index is 3.59. The molecule has 480 valence electrons. The van der Waals surface area contributed by atoms with E-state index in [9.17, 15) is 0 Å². The summed E-state index contributed by atoms with van der Waals surface area (Å²) >= 11 is 0. The molecule has 0 radical (unpaired) electrons. The molecule has 16 rings (SSSR count). The Kier molecular flexibility index (Phi) is 15.5. The molecule has 0 saturated heterocycles. The van der Waals surface area contributed by atoms with Crippen LogP contribution in [-0.4, -0.2) is 13.7 Å². The first-order valence-electron chi connectivity index (χ1n) is 34.5. The fourth-order valence-corrected chi connectivity index (χ4v) is 19.2. The standard InChI is InChI=1S/C22H27N.3C21H26N2/c1-10-11(2)14(5)21-19(13(10)4)16(7)20-15(6)12(3)17-8-23-9-18(17)22(20)21;1-10-11(2)15(6)20-18(13(10)4)19-14(5)12(3)16-8-22-9-17(16)21(19)23(20)7;1-10-11(2)14(5)20-18(13(10)4)19-17-9-22-8-16(17)12(3)15(6)21(19)23(20)7;1-10-11(2)13(4)20-18(12(10)3)19-14(5)16-8-22-9-17(16)15(6)21(19)23(20)7/h16,23H,8-9H2,1-7H3;3*22H,8-9H2,1-7H3. The van der Waals surface area contributed by atoms with Crippen LogP contribution < -0.4 is 21.3 Å². The summed E-state index contributed by atoms with van der Waals surface area (Å²) < 4.78 is 7.35. The number of aromatic nitrogens is 3.